The van der Waals surface area contributed by atoms with E-state index in [1.807, 2.05) is 0 Å². The summed E-state index contributed by atoms with van der Waals surface area (Å²) in [6.07, 6.45) is 1.00. The topological polar surface area (TPSA) is 43.8 Å². The van der Waals surface area contributed by atoms with Crippen molar-refractivity contribution in [3.05, 3.63) is 28.8 Å². The smallest absolute Gasteiger partial charge is 0.257 e. The van der Waals surface area contributed by atoms with E-state index >= 15 is 0 Å². The van der Waals surface area contributed by atoms with Gasteiger partial charge in [-0.15, -0.1) is 0 Å². The number of carbonyl (C=O) groups excluding carboxylic acids is 1. The van der Waals surface area contributed by atoms with Crippen LogP contribution in [0.1, 0.15) is 23.7 Å². The fourth-order valence-electron chi connectivity index (χ4n) is 2.42. The lowest BCUT2D eigenvalue weighted by molar-refractivity contribution is 0.0539. The van der Waals surface area contributed by atoms with Gasteiger partial charge in [0.15, 0.2) is 0 Å². The van der Waals surface area contributed by atoms with Crippen LogP contribution in [0.4, 0.5) is 0 Å². The summed E-state index contributed by atoms with van der Waals surface area (Å²) in [6, 6.07) is 4.94. The Hall–Kier alpha value is -1.26. The van der Waals surface area contributed by atoms with E-state index in [-0.39, 0.29) is 17.2 Å². The zero-order valence-electron chi connectivity index (χ0n) is 11.3. The number of likely N-dealkylation sites (N-methyl/N-ethyl adjacent to an activating group) is 1. The van der Waals surface area contributed by atoms with Gasteiger partial charge < -0.3 is 10.0 Å². The van der Waals surface area contributed by atoms with Gasteiger partial charge in [0.05, 0.1) is 5.56 Å². The third-order valence-corrected chi connectivity index (χ3v) is 3.96. The third kappa shape index (κ3) is 3.01. The lowest BCUT2D eigenvalue weighted by Gasteiger charge is -2.39. The van der Waals surface area contributed by atoms with Crippen LogP contribution in [0.15, 0.2) is 18.2 Å². The van der Waals surface area contributed by atoms with Crippen molar-refractivity contribution >= 4 is 17.5 Å². The zero-order valence-corrected chi connectivity index (χ0v) is 12.0. The highest BCUT2D eigenvalue weighted by molar-refractivity contribution is 6.31. The van der Waals surface area contributed by atoms with E-state index in [1.165, 1.54) is 12.1 Å². The first-order valence-electron chi connectivity index (χ1n) is 6.51. The molecule has 0 radical (unpaired) electrons. The highest BCUT2D eigenvalue weighted by Gasteiger charge is 2.27. The van der Waals surface area contributed by atoms with Crippen LogP contribution < -0.4 is 0 Å². The minimum Gasteiger partial charge on any atom is -0.507 e. The molecule has 1 aromatic rings. The third-order valence-electron chi connectivity index (χ3n) is 3.72. The molecule has 5 heteroatoms. The number of benzene rings is 1. The predicted octanol–water partition coefficient (Wildman–Crippen LogP) is 2.21. The van der Waals surface area contributed by atoms with Crippen LogP contribution in [0.5, 0.6) is 5.75 Å². The highest BCUT2D eigenvalue weighted by atomic mass is 35.5. The molecule has 1 saturated heterocycles. The quantitative estimate of drug-likeness (QED) is 0.904. The van der Waals surface area contributed by atoms with E-state index in [9.17, 15) is 9.90 Å². The van der Waals surface area contributed by atoms with E-state index in [0.29, 0.717) is 24.2 Å². The van der Waals surface area contributed by atoms with E-state index in [0.717, 1.165) is 13.0 Å². The number of piperazine rings is 1. The molecule has 0 aliphatic carbocycles. The summed E-state index contributed by atoms with van der Waals surface area (Å²) in [6.45, 7) is 4.34. The van der Waals surface area contributed by atoms with Crippen LogP contribution in [-0.4, -0.2) is 53.5 Å². The van der Waals surface area contributed by atoms with E-state index < -0.39 is 0 Å². The van der Waals surface area contributed by atoms with Crippen molar-refractivity contribution in [2.24, 2.45) is 0 Å². The lowest BCUT2D eigenvalue weighted by Crippen LogP contribution is -2.52. The Balaban J connectivity index is 2.18. The average molecular weight is 283 g/mol. The fourth-order valence-corrected chi connectivity index (χ4v) is 2.59. The summed E-state index contributed by atoms with van der Waals surface area (Å²) in [5.41, 5.74) is 0.284. The second-order valence-corrected chi connectivity index (χ2v) is 5.39. The molecular weight excluding hydrogens is 264 g/mol. The zero-order chi connectivity index (χ0) is 14.0. The van der Waals surface area contributed by atoms with Gasteiger partial charge in [0, 0.05) is 30.7 Å². The molecule has 1 unspecified atom stereocenters. The van der Waals surface area contributed by atoms with Gasteiger partial charge in [0.25, 0.3) is 5.91 Å². The van der Waals surface area contributed by atoms with Gasteiger partial charge in [-0.05, 0) is 31.7 Å². The number of hydrogen-bond acceptors (Lipinski definition) is 3. The van der Waals surface area contributed by atoms with Gasteiger partial charge in [0.2, 0.25) is 0 Å². The lowest BCUT2D eigenvalue weighted by atomic mass is 10.1. The molecule has 1 aromatic carbocycles. The summed E-state index contributed by atoms with van der Waals surface area (Å²) in [5, 5.41) is 10.3. The largest absolute Gasteiger partial charge is 0.507 e. The molecule has 1 atom stereocenters. The maximum absolute atomic E-state index is 12.4. The first kappa shape index (κ1) is 14.2. The number of hydrogen-bond donors (Lipinski definition) is 1. The number of phenols is 1. The first-order chi connectivity index (χ1) is 9.02. The van der Waals surface area contributed by atoms with Crippen LogP contribution in [0.3, 0.4) is 0 Å². The van der Waals surface area contributed by atoms with Crippen molar-refractivity contribution in [1.29, 1.82) is 0 Å². The highest BCUT2D eigenvalue weighted by Crippen LogP contribution is 2.24. The standard InChI is InChI=1S/C14H19ClN2O2/c1-3-11-9-17(7-6-16(11)2)14(19)12-8-10(15)4-5-13(12)18/h4-5,8,11,18H,3,6-7,9H2,1-2H3. The van der Waals surface area contributed by atoms with Crippen LogP contribution in [0.25, 0.3) is 0 Å². The van der Waals surface area contributed by atoms with Crippen LogP contribution >= 0.6 is 11.6 Å². The molecule has 0 spiro atoms. The Morgan fingerprint density at radius 1 is 1.47 bits per heavy atom. The SMILES string of the molecule is CCC1CN(C(=O)c2cc(Cl)ccc2O)CCN1C. The second kappa shape index (κ2) is 5.80. The van der Waals surface area contributed by atoms with Gasteiger partial charge >= 0.3 is 0 Å². The van der Waals surface area contributed by atoms with Crippen molar-refractivity contribution in [3.63, 3.8) is 0 Å². The van der Waals surface area contributed by atoms with Gasteiger partial charge in [-0.25, -0.2) is 0 Å². The molecule has 1 aliphatic heterocycles. The minimum atomic E-state index is -0.147. The van der Waals surface area contributed by atoms with E-state index in [4.69, 9.17) is 11.6 Å². The molecule has 1 N–H and O–H groups in total. The molecule has 4 nitrogen and oxygen atoms in total. The Kier molecular flexibility index (Phi) is 4.32. The number of halogens is 1. The summed E-state index contributed by atoms with van der Waals surface area (Å²) in [5.74, 6) is -0.159. The average Bonchev–Trinajstić information content (AvgIpc) is 2.41. The molecular formula is C14H19ClN2O2. The number of phenolic OH excluding ortho intramolecular Hbond substituents is 1. The summed E-state index contributed by atoms with van der Waals surface area (Å²) in [7, 11) is 2.08. The molecule has 0 aromatic heterocycles. The Morgan fingerprint density at radius 2 is 2.21 bits per heavy atom. The van der Waals surface area contributed by atoms with Gasteiger partial charge in [-0.2, -0.15) is 0 Å². The van der Waals surface area contributed by atoms with Crippen molar-refractivity contribution in [1.82, 2.24) is 9.80 Å². The second-order valence-electron chi connectivity index (χ2n) is 4.96. The normalized spacial score (nSPS) is 20.6. The summed E-state index contributed by atoms with van der Waals surface area (Å²) < 4.78 is 0. The maximum atomic E-state index is 12.4. The van der Waals surface area contributed by atoms with Crippen molar-refractivity contribution in [2.75, 3.05) is 26.7 Å². The monoisotopic (exact) mass is 282 g/mol. The van der Waals surface area contributed by atoms with Crippen LogP contribution in [-0.2, 0) is 0 Å². The molecule has 0 bridgehead atoms. The molecule has 1 amide bonds. The molecule has 1 aliphatic rings. The Morgan fingerprint density at radius 3 is 2.89 bits per heavy atom. The van der Waals surface area contributed by atoms with Crippen LogP contribution in [0.2, 0.25) is 5.02 Å². The van der Waals surface area contributed by atoms with E-state index in [2.05, 4.69) is 18.9 Å². The Bertz CT molecular complexity index is 479. The van der Waals surface area contributed by atoms with Gasteiger partial charge in [-0.3, -0.25) is 9.69 Å². The molecule has 2 rings (SSSR count). The van der Waals surface area contributed by atoms with Gasteiger partial charge in [-0.1, -0.05) is 18.5 Å². The number of nitrogens with zero attached hydrogens (tertiary/aromatic N) is 2. The molecule has 0 saturated carbocycles. The number of amides is 1. The molecule has 104 valence electrons. The fraction of sp³-hybridized carbons (Fsp3) is 0.500. The Labute approximate surface area is 118 Å². The first-order valence-corrected chi connectivity index (χ1v) is 6.88. The number of aromatic hydroxyl groups is 1. The van der Waals surface area contributed by atoms with Gasteiger partial charge in [0.1, 0.15) is 5.75 Å². The van der Waals surface area contributed by atoms with Crippen LogP contribution in [0, 0.1) is 0 Å². The van der Waals surface area contributed by atoms with Crippen molar-refractivity contribution < 1.29 is 9.90 Å². The summed E-state index contributed by atoms with van der Waals surface area (Å²) in [4.78, 5) is 16.5. The molecule has 1 heterocycles. The van der Waals surface area contributed by atoms with Crippen molar-refractivity contribution in [3.8, 4) is 5.75 Å². The molecule has 19 heavy (non-hydrogen) atoms. The summed E-state index contributed by atoms with van der Waals surface area (Å²) >= 11 is 5.89. The minimum absolute atomic E-state index is 0.0126. The number of rotatable bonds is 2. The van der Waals surface area contributed by atoms with Crippen molar-refractivity contribution in [2.45, 2.75) is 19.4 Å². The maximum Gasteiger partial charge on any atom is 0.257 e. The van der Waals surface area contributed by atoms with E-state index in [1.54, 1.807) is 11.0 Å². The molecule has 1 fully saturated rings. The number of carbonyl (C=O) groups is 1. The predicted molar refractivity (Wildman–Crippen MR) is 75.7 cm³/mol.